The number of hydrogen-bond donors (Lipinski definition) is 2. The van der Waals surface area contributed by atoms with Gasteiger partial charge in [-0.3, -0.25) is 15.3 Å². The van der Waals surface area contributed by atoms with Crippen molar-refractivity contribution in [3.8, 4) is 5.75 Å². The Balaban J connectivity index is 1.30. The molecule has 1 atom stereocenters. The van der Waals surface area contributed by atoms with Crippen LogP contribution in [0.3, 0.4) is 0 Å². The summed E-state index contributed by atoms with van der Waals surface area (Å²) in [6.45, 7) is 0.0415. The van der Waals surface area contributed by atoms with Crippen molar-refractivity contribution in [1.82, 2.24) is 14.9 Å². The second-order valence-electron chi connectivity index (χ2n) is 7.87. The van der Waals surface area contributed by atoms with Crippen molar-refractivity contribution in [2.24, 2.45) is 5.16 Å². The zero-order valence-electron chi connectivity index (χ0n) is 18.7. The lowest BCUT2D eigenvalue weighted by Crippen LogP contribution is -2.25. The molecule has 1 aliphatic heterocycles. The number of H-pyrrole nitrogens is 1. The summed E-state index contributed by atoms with van der Waals surface area (Å²) in [5, 5.41) is 12.2. The van der Waals surface area contributed by atoms with Gasteiger partial charge in [0.25, 0.3) is 5.91 Å². The number of aromatic amines is 1. The molecule has 5 rings (SSSR count). The van der Waals surface area contributed by atoms with Crippen LogP contribution in [0.15, 0.2) is 78.0 Å². The van der Waals surface area contributed by atoms with Crippen molar-refractivity contribution in [2.45, 2.75) is 19.1 Å². The van der Waals surface area contributed by atoms with Gasteiger partial charge < -0.3 is 9.57 Å². The highest BCUT2D eigenvalue weighted by Crippen LogP contribution is 2.36. The lowest BCUT2D eigenvalue weighted by Gasteiger charge is -2.13. The molecule has 0 bridgehead atoms. The molecule has 2 heterocycles. The van der Waals surface area contributed by atoms with Crippen molar-refractivity contribution in [2.75, 3.05) is 5.43 Å². The van der Waals surface area contributed by atoms with Crippen molar-refractivity contribution in [3.05, 3.63) is 110 Å². The fourth-order valence-corrected chi connectivity index (χ4v) is 4.46. The lowest BCUT2D eigenvalue weighted by atomic mass is 9.99. The Morgan fingerprint density at radius 3 is 2.72 bits per heavy atom. The largest absolute Gasteiger partial charge is 0.485 e. The summed E-state index contributed by atoms with van der Waals surface area (Å²) in [7, 11) is 0. The van der Waals surface area contributed by atoms with Crippen LogP contribution in [0, 0.1) is 4.77 Å². The number of nitrogens with one attached hydrogen (secondary N) is 2. The van der Waals surface area contributed by atoms with E-state index in [1.807, 2.05) is 36.4 Å². The van der Waals surface area contributed by atoms with Gasteiger partial charge in [-0.15, -0.1) is 0 Å². The Hall–Kier alpha value is -3.66. The van der Waals surface area contributed by atoms with Gasteiger partial charge in [-0.1, -0.05) is 64.8 Å². The Bertz CT molecular complexity index is 1500. The molecular formula is C25H19Cl2N5O3S. The number of oxime groups is 1. The summed E-state index contributed by atoms with van der Waals surface area (Å²) in [5.74, 6) is 0.659. The zero-order valence-corrected chi connectivity index (χ0v) is 21.0. The molecule has 2 N–H and O–H groups in total. The van der Waals surface area contributed by atoms with E-state index in [1.165, 1.54) is 4.68 Å². The van der Waals surface area contributed by atoms with Crippen molar-refractivity contribution in [1.29, 1.82) is 0 Å². The smallest absolute Gasteiger partial charge is 0.270 e. The van der Waals surface area contributed by atoms with Crippen LogP contribution in [0.4, 0.5) is 0 Å². The Labute approximate surface area is 221 Å². The first-order chi connectivity index (χ1) is 17.5. The molecule has 1 unspecified atom stereocenters. The summed E-state index contributed by atoms with van der Waals surface area (Å²) in [6, 6.07) is 21.6. The average molecular weight is 540 g/mol. The Morgan fingerprint density at radius 2 is 1.92 bits per heavy atom. The minimum atomic E-state index is -0.331. The van der Waals surface area contributed by atoms with Crippen molar-refractivity contribution < 1.29 is 14.4 Å². The number of ether oxygens (including phenoxy) is 1. The standard InChI is InChI=1S/C25H19Cl2N5O3S/c26-16-10-11-17(19(27)12-16)22-13-20(31-35-22)18-8-4-5-9-21(18)34-14-23-28-29-25(36)32(23)30-24(33)15-6-2-1-3-7-15/h1-12,22H,13-14H2,(H,29,36)(H,30,33). The summed E-state index contributed by atoms with van der Waals surface area (Å²) in [6.07, 6.45) is 0.176. The maximum Gasteiger partial charge on any atom is 0.270 e. The normalized spacial score (nSPS) is 14.7. The maximum absolute atomic E-state index is 12.6. The number of amides is 1. The average Bonchev–Trinajstić information content (AvgIpc) is 3.51. The molecule has 0 saturated carbocycles. The van der Waals surface area contributed by atoms with Gasteiger partial charge in [0.15, 0.2) is 11.9 Å². The van der Waals surface area contributed by atoms with E-state index in [2.05, 4.69) is 20.8 Å². The molecule has 8 nitrogen and oxygen atoms in total. The number of rotatable bonds is 7. The maximum atomic E-state index is 12.6. The van der Waals surface area contributed by atoms with E-state index < -0.39 is 0 Å². The number of carbonyl (C=O) groups excluding carboxylic acids is 1. The predicted octanol–water partition coefficient (Wildman–Crippen LogP) is 6.08. The molecule has 1 aromatic heterocycles. The highest BCUT2D eigenvalue weighted by molar-refractivity contribution is 7.71. The van der Waals surface area contributed by atoms with Crippen LogP contribution >= 0.6 is 35.4 Å². The second-order valence-corrected chi connectivity index (χ2v) is 9.10. The number of para-hydroxylation sites is 1. The molecule has 1 amide bonds. The second kappa shape index (κ2) is 10.5. The van der Waals surface area contributed by atoms with Crippen LogP contribution in [0.25, 0.3) is 0 Å². The first-order valence-electron chi connectivity index (χ1n) is 10.9. The SMILES string of the molecule is O=C(Nn1c(COc2ccccc2C2=NOC(c3ccc(Cl)cc3Cl)C2)n[nH]c1=S)c1ccccc1. The predicted molar refractivity (Wildman–Crippen MR) is 140 cm³/mol. The number of nitrogens with zero attached hydrogens (tertiary/aromatic N) is 3. The van der Waals surface area contributed by atoms with Crippen molar-refractivity contribution in [3.63, 3.8) is 0 Å². The third-order valence-corrected chi connectivity index (χ3v) is 6.36. The highest BCUT2D eigenvalue weighted by Gasteiger charge is 2.27. The number of halogens is 2. The van der Waals surface area contributed by atoms with Gasteiger partial charge >= 0.3 is 0 Å². The van der Waals surface area contributed by atoms with Crippen LogP contribution in [-0.2, 0) is 11.4 Å². The molecule has 11 heteroatoms. The summed E-state index contributed by atoms with van der Waals surface area (Å²) < 4.78 is 7.71. The van der Waals surface area contributed by atoms with Crippen LogP contribution in [0.1, 0.15) is 39.8 Å². The Morgan fingerprint density at radius 1 is 1.14 bits per heavy atom. The van der Waals surface area contributed by atoms with E-state index in [0.29, 0.717) is 33.6 Å². The van der Waals surface area contributed by atoms with Gasteiger partial charge in [0.05, 0.1) is 5.71 Å². The van der Waals surface area contributed by atoms with Crippen molar-refractivity contribution >= 4 is 47.0 Å². The van der Waals surface area contributed by atoms with Crippen LogP contribution < -0.4 is 10.2 Å². The zero-order chi connectivity index (χ0) is 25.1. The minimum absolute atomic E-state index is 0.0415. The van der Waals surface area contributed by atoms with E-state index in [-0.39, 0.29) is 23.4 Å². The van der Waals surface area contributed by atoms with Gasteiger partial charge in [0.2, 0.25) is 4.77 Å². The van der Waals surface area contributed by atoms with E-state index in [9.17, 15) is 4.79 Å². The Kier molecular flexibility index (Phi) is 7.04. The molecule has 182 valence electrons. The quantitative estimate of drug-likeness (QED) is 0.278. The molecular weight excluding hydrogens is 521 g/mol. The van der Waals surface area contributed by atoms with Gasteiger partial charge in [-0.05, 0) is 48.6 Å². The van der Waals surface area contributed by atoms with E-state index in [0.717, 1.165) is 16.8 Å². The first-order valence-corrected chi connectivity index (χ1v) is 12.1. The number of carbonyl (C=O) groups is 1. The first kappa shape index (κ1) is 24.1. The van der Waals surface area contributed by atoms with E-state index >= 15 is 0 Å². The molecule has 1 aliphatic rings. The number of benzene rings is 3. The third kappa shape index (κ3) is 5.13. The molecule has 3 aromatic carbocycles. The lowest BCUT2D eigenvalue weighted by molar-refractivity contribution is 0.0858. The third-order valence-electron chi connectivity index (χ3n) is 5.52. The molecule has 0 fully saturated rings. The summed E-state index contributed by atoms with van der Waals surface area (Å²) in [5.41, 5.74) is 5.55. The van der Waals surface area contributed by atoms with Crippen LogP contribution in [-0.4, -0.2) is 26.5 Å². The highest BCUT2D eigenvalue weighted by atomic mass is 35.5. The number of aromatic nitrogens is 3. The molecule has 36 heavy (non-hydrogen) atoms. The topological polar surface area (TPSA) is 93.5 Å². The minimum Gasteiger partial charge on any atom is -0.485 e. The fraction of sp³-hybridized carbons (Fsp3) is 0.120. The van der Waals surface area contributed by atoms with Gasteiger partial charge in [0, 0.05) is 33.2 Å². The molecule has 0 saturated heterocycles. The number of hydrogen-bond acceptors (Lipinski definition) is 6. The monoisotopic (exact) mass is 539 g/mol. The van der Waals surface area contributed by atoms with Gasteiger partial charge in [-0.25, -0.2) is 4.68 Å². The van der Waals surface area contributed by atoms with Crippen LogP contribution in [0.5, 0.6) is 5.75 Å². The van der Waals surface area contributed by atoms with Gasteiger partial charge in [0.1, 0.15) is 12.4 Å². The summed E-state index contributed by atoms with van der Waals surface area (Å²) in [4.78, 5) is 18.3. The molecule has 0 aliphatic carbocycles. The molecule has 4 aromatic rings. The molecule has 0 radical (unpaired) electrons. The summed E-state index contributed by atoms with van der Waals surface area (Å²) >= 11 is 17.7. The van der Waals surface area contributed by atoms with Gasteiger partial charge in [-0.2, -0.15) is 5.10 Å². The van der Waals surface area contributed by atoms with Crippen LogP contribution in [0.2, 0.25) is 10.0 Å². The fourth-order valence-electron chi connectivity index (χ4n) is 3.74. The van der Waals surface area contributed by atoms with E-state index in [1.54, 1.807) is 36.4 Å². The molecule has 0 spiro atoms. The van der Waals surface area contributed by atoms with E-state index in [4.69, 9.17) is 45.0 Å².